The number of para-hydroxylation sites is 1. The van der Waals surface area contributed by atoms with Crippen molar-refractivity contribution in [3.63, 3.8) is 0 Å². The Labute approximate surface area is 103 Å². The van der Waals surface area contributed by atoms with Crippen LogP contribution >= 0.6 is 0 Å². The molecule has 0 bridgehead atoms. The standard InChI is InChI=1S/C14H21NO2/c1-11(6-8-16)15-10-12-7-9-17-14-5-3-2-4-13(12)14/h2-5,11-12,15-16H,6-10H2,1H3. The molecule has 1 heterocycles. The van der Waals surface area contributed by atoms with Crippen molar-refractivity contribution in [1.82, 2.24) is 5.32 Å². The van der Waals surface area contributed by atoms with Crippen LogP contribution in [0.3, 0.4) is 0 Å². The molecular weight excluding hydrogens is 214 g/mol. The van der Waals surface area contributed by atoms with Gasteiger partial charge in [0.25, 0.3) is 0 Å². The summed E-state index contributed by atoms with van der Waals surface area (Å²) in [7, 11) is 0. The summed E-state index contributed by atoms with van der Waals surface area (Å²) in [6, 6.07) is 8.65. The van der Waals surface area contributed by atoms with Crippen LogP contribution in [-0.4, -0.2) is 30.9 Å². The highest BCUT2D eigenvalue weighted by atomic mass is 16.5. The van der Waals surface area contributed by atoms with Gasteiger partial charge >= 0.3 is 0 Å². The molecule has 94 valence electrons. The monoisotopic (exact) mass is 235 g/mol. The molecule has 3 heteroatoms. The van der Waals surface area contributed by atoms with E-state index in [9.17, 15) is 0 Å². The maximum atomic E-state index is 8.87. The highest BCUT2D eigenvalue weighted by Crippen LogP contribution is 2.32. The van der Waals surface area contributed by atoms with Gasteiger partial charge < -0.3 is 15.2 Å². The zero-order chi connectivity index (χ0) is 12.1. The maximum absolute atomic E-state index is 8.87. The van der Waals surface area contributed by atoms with E-state index in [4.69, 9.17) is 9.84 Å². The highest BCUT2D eigenvalue weighted by Gasteiger charge is 2.20. The molecule has 0 saturated carbocycles. The average molecular weight is 235 g/mol. The summed E-state index contributed by atoms with van der Waals surface area (Å²) < 4.78 is 5.64. The zero-order valence-electron chi connectivity index (χ0n) is 10.4. The fourth-order valence-electron chi connectivity index (χ4n) is 2.27. The van der Waals surface area contributed by atoms with Crippen LogP contribution in [0.1, 0.15) is 31.2 Å². The molecule has 0 radical (unpaired) electrons. The summed E-state index contributed by atoms with van der Waals surface area (Å²) in [4.78, 5) is 0. The molecule has 0 spiro atoms. The fourth-order valence-corrected chi connectivity index (χ4v) is 2.27. The van der Waals surface area contributed by atoms with Crippen LogP contribution in [0.25, 0.3) is 0 Å². The summed E-state index contributed by atoms with van der Waals surface area (Å²) in [6.07, 6.45) is 1.88. The van der Waals surface area contributed by atoms with Gasteiger partial charge in [0, 0.05) is 25.1 Å². The smallest absolute Gasteiger partial charge is 0.122 e. The second-order valence-electron chi connectivity index (χ2n) is 4.69. The number of hydrogen-bond acceptors (Lipinski definition) is 3. The summed E-state index contributed by atoms with van der Waals surface area (Å²) in [6.45, 7) is 4.12. The third-order valence-electron chi connectivity index (χ3n) is 3.36. The summed E-state index contributed by atoms with van der Waals surface area (Å²) in [5, 5.41) is 12.4. The van der Waals surface area contributed by atoms with Crippen LogP contribution < -0.4 is 10.1 Å². The predicted octanol–water partition coefficient (Wildman–Crippen LogP) is 1.91. The Bertz CT molecular complexity index is 354. The second kappa shape index (κ2) is 6.03. The summed E-state index contributed by atoms with van der Waals surface area (Å²) >= 11 is 0. The first-order valence-electron chi connectivity index (χ1n) is 6.37. The Morgan fingerprint density at radius 3 is 3.12 bits per heavy atom. The van der Waals surface area contributed by atoms with Crippen molar-refractivity contribution in [2.45, 2.75) is 31.7 Å². The first-order valence-corrected chi connectivity index (χ1v) is 6.37. The largest absolute Gasteiger partial charge is 0.493 e. The molecule has 2 unspecified atom stereocenters. The van der Waals surface area contributed by atoms with Gasteiger partial charge in [0.2, 0.25) is 0 Å². The van der Waals surface area contributed by atoms with Crippen molar-refractivity contribution in [1.29, 1.82) is 0 Å². The van der Waals surface area contributed by atoms with E-state index in [2.05, 4.69) is 24.4 Å². The predicted molar refractivity (Wildman–Crippen MR) is 68.5 cm³/mol. The molecule has 0 aliphatic carbocycles. The molecule has 2 atom stereocenters. The molecule has 1 aromatic carbocycles. The van der Waals surface area contributed by atoms with Crippen LogP contribution in [0, 0.1) is 0 Å². The third-order valence-corrected chi connectivity index (χ3v) is 3.36. The van der Waals surface area contributed by atoms with Gasteiger partial charge in [-0.3, -0.25) is 0 Å². The van der Waals surface area contributed by atoms with Crippen LogP contribution in [0.2, 0.25) is 0 Å². The number of nitrogens with one attached hydrogen (secondary N) is 1. The SMILES string of the molecule is CC(CCO)NCC1CCOc2ccccc21. The molecule has 2 rings (SSSR count). The first-order chi connectivity index (χ1) is 8.31. The Hall–Kier alpha value is -1.06. The van der Waals surface area contributed by atoms with Crippen molar-refractivity contribution < 1.29 is 9.84 Å². The van der Waals surface area contributed by atoms with Gasteiger partial charge in [0.05, 0.1) is 6.61 Å². The molecule has 2 N–H and O–H groups in total. The maximum Gasteiger partial charge on any atom is 0.122 e. The molecule has 0 amide bonds. The van der Waals surface area contributed by atoms with Crippen LogP contribution in [0.4, 0.5) is 0 Å². The number of aliphatic hydroxyl groups excluding tert-OH is 1. The molecule has 0 aromatic heterocycles. The van der Waals surface area contributed by atoms with Crippen LogP contribution in [-0.2, 0) is 0 Å². The zero-order valence-corrected chi connectivity index (χ0v) is 10.4. The van der Waals surface area contributed by atoms with Gasteiger partial charge in [0.15, 0.2) is 0 Å². The average Bonchev–Trinajstić information content (AvgIpc) is 2.36. The van der Waals surface area contributed by atoms with E-state index in [-0.39, 0.29) is 6.61 Å². The Morgan fingerprint density at radius 1 is 1.47 bits per heavy atom. The Kier molecular flexibility index (Phi) is 4.40. The number of fused-ring (bicyclic) bond motifs is 1. The highest BCUT2D eigenvalue weighted by molar-refractivity contribution is 5.37. The van der Waals surface area contributed by atoms with Crippen molar-refractivity contribution in [2.75, 3.05) is 19.8 Å². The van der Waals surface area contributed by atoms with Gasteiger partial charge in [-0.25, -0.2) is 0 Å². The van der Waals surface area contributed by atoms with Crippen molar-refractivity contribution in [3.8, 4) is 5.75 Å². The van der Waals surface area contributed by atoms with Gasteiger partial charge in [-0.2, -0.15) is 0 Å². The van der Waals surface area contributed by atoms with Crippen LogP contribution in [0.5, 0.6) is 5.75 Å². The first kappa shape index (κ1) is 12.4. The topological polar surface area (TPSA) is 41.5 Å². The van der Waals surface area contributed by atoms with E-state index in [1.165, 1.54) is 5.56 Å². The normalized spacial score (nSPS) is 20.5. The molecule has 1 aromatic rings. The third kappa shape index (κ3) is 3.20. The Balaban J connectivity index is 1.94. The van der Waals surface area contributed by atoms with Crippen molar-refractivity contribution >= 4 is 0 Å². The minimum absolute atomic E-state index is 0.249. The van der Waals surface area contributed by atoms with E-state index in [0.29, 0.717) is 12.0 Å². The molecule has 0 saturated heterocycles. The van der Waals surface area contributed by atoms with E-state index in [0.717, 1.165) is 31.7 Å². The Morgan fingerprint density at radius 2 is 2.29 bits per heavy atom. The molecule has 0 fully saturated rings. The lowest BCUT2D eigenvalue weighted by atomic mass is 9.93. The second-order valence-corrected chi connectivity index (χ2v) is 4.69. The summed E-state index contributed by atoms with van der Waals surface area (Å²) in [5.74, 6) is 1.56. The number of ether oxygens (including phenoxy) is 1. The lowest BCUT2D eigenvalue weighted by Crippen LogP contribution is -2.32. The molecule has 1 aliphatic rings. The number of hydrogen-bond donors (Lipinski definition) is 2. The van der Waals surface area contributed by atoms with Gasteiger partial charge in [0.1, 0.15) is 5.75 Å². The number of aliphatic hydroxyl groups is 1. The minimum atomic E-state index is 0.249. The quantitative estimate of drug-likeness (QED) is 0.819. The van der Waals surface area contributed by atoms with E-state index in [1.807, 2.05) is 12.1 Å². The van der Waals surface area contributed by atoms with Gasteiger partial charge in [-0.05, 0) is 31.4 Å². The molecule has 17 heavy (non-hydrogen) atoms. The fraction of sp³-hybridized carbons (Fsp3) is 0.571. The van der Waals surface area contributed by atoms with Crippen LogP contribution in [0.15, 0.2) is 24.3 Å². The minimum Gasteiger partial charge on any atom is -0.493 e. The van der Waals surface area contributed by atoms with Crippen molar-refractivity contribution in [2.24, 2.45) is 0 Å². The van der Waals surface area contributed by atoms with E-state index >= 15 is 0 Å². The lowest BCUT2D eigenvalue weighted by molar-refractivity contribution is 0.251. The molecular formula is C14H21NO2. The van der Waals surface area contributed by atoms with Gasteiger partial charge in [-0.1, -0.05) is 18.2 Å². The summed E-state index contributed by atoms with van der Waals surface area (Å²) in [5.41, 5.74) is 1.31. The van der Waals surface area contributed by atoms with Crippen molar-refractivity contribution in [3.05, 3.63) is 29.8 Å². The van der Waals surface area contributed by atoms with E-state index < -0.39 is 0 Å². The van der Waals surface area contributed by atoms with Gasteiger partial charge in [-0.15, -0.1) is 0 Å². The van der Waals surface area contributed by atoms with E-state index in [1.54, 1.807) is 0 Å². The molecule has 3 nitrogen and oxygen atoms in total. The molecule has 1 aliphatic heterocycles. The number of rotatable bonds is 5. The number of benzene rings is 1. The lowest BCUT2D eigenvalue weighted by Gasteiger charge is -2.27.